The van der Waals surface area contributed by atoms with Gasteiger partial charge in [0.1, 0.15) is 5.82 Å². The van der Waals surface area contributed by atoms with Crippen LogP contribution in [0.4, 0.5) is 4.39 Å². The summed E-state index contributed by atoms with van der Waals surface area (Å²) in [7, 11) is 0. The van der Waals surface area contributed by atoms with Gasteiger partial charge in [-0.05, 0) is 48.7 Å². The molecule has 0 bridgehead atoms. The van der Waals surface area contributed by atoms with Gasteiger partial charge in [0.2, 0.25) is 0 Å². The second kappa shape index (κ2) is 6.22. The second-order valence-corrected chi connectivity index (χ2v) is 5.70. The summed E-state index contributed by atoms with van der Waals surface area (Å²) >= 11 is 1.70. The van der Waals surface area contributed by atoms with Crippen LogP contribution in [-0.2, 0) is 5.75 Å². The van der Waals surface area contributed by atoms with Gasteiger partial charge in [-0.2, -0.15) is 0 Å². The van der Waals surface area contributed by atoms with Crippen LogP contribution in [0.1, 0.15) is 29.7 Å². The maximum Gasteiger partial charge on any atom is 0.123 e. The van der Waals surface area contributed by atoms with Crippen LogP contribution in [0, 0.1) is 12.7 Å². The van der Waals surface area contributed by atoms with Gasteiger partial charge in [0.25, 0.3) is 0 Å². The smallest absolute Gasteiger partial charge is 0.123 e. The summed E-state index contributed by atoms with van der Waals surface area (Å²) in [6, 6.07) is 13.0. The van der Waals surface area contributed by atoms with Crippen molar-refractivity contribution in [2.24, 2.45) is 5.73 Å². The number of hydrogen-bond donors (Lipinski definition) is 1. The first-order valence-electron chi connectivity index (χ1n) is 6.30. The van der Waals surface area contributed by atoms with Crippen LogP contribution in [0.15, 0.2) is 47.4 Å². The van der Waals surface area contributed by atoms with Crippen LogP contribution in [-0.4, -0.2) is 0 Å². The Hall–Kier alpha value is -1.32. The number of aryl methyl sites for hydroxylation is 1. The zero-order chi connectivity index (χ0) is 13.8. The van der Waals surface area contributed by atoms with E-state index >= 15 is 0 Å². The van der Waals surface area contributed by atoms with Gasteiger partial charge in [0, 0.05) is 16.7 Å². The van der Waals surface area contributed by atoms with E-state index in [0.29, 0.717) is 0 Å². The molecule has 2 rings (SSSR count). The van der Waals surface area contributed by atoms with E-state index in [-0.39, 0.29) is 11.9 Å². The topological polar surface area (TPSA) is 26.0 Å². The van der Waals surface area contributed by atoms with E-state index < -0.39 is 0 Å². The van der Waals surface area contributed by atoms with E-state index in [0.717, 1.165) is 16.2 Å². The highest BCUT2D eigenvalue weighted by Crippen LogP contribution is 2.30. The van der Waals surface area contributed by atoms with Crippen LogP contribution in [0.5, 0.6) is 0 Å². The largest absolute Gasteiger partial charge is 0.324 e. The number of benzene rings is 2. The molecule has 0 heterocycles. The summed E-state index contributed by atoms with van der Waals surface area (Å²) in [6.07, 6.45) is 0. The average Bonchev–Trinajstić information content (AvgIpc) is 2.38. The van der Waals surface area contributed by atoms with Crippen molar-refractivity contribution in [2.45, 2.75) is 30.5 Å². The number of nitrogens with two attached hydrogens (primary N) is 1. The summed E-state index contributed by atoms with van der Waals surface area (Å²) in [5.74, 6) is 0.644. The van der Waals surface area contributed by atoms with Crippen molar-refractivity contribution in [3.8, 4) is 0 Å². The van der Waals surface area contributed by atoms with E-state index in [4.69, 9.17) is 5.73 Å². The molecular weight excluding hydrogens is 257 g/mol. The lowest BCUT2D eigenvalue weighted by Crippen LogP contribution is -2.07. The third kappa shape index (κ3) is 3.58. The SMILES string of the molecule is Cc1ccccc1CSc1ccc(F)cc1C(C)N. The van der Waals surface area contributed by atoms with Crippen LogP contribution in [0.3, 0.4) is 0 Å². The monoisotopic (exact) mass is 275 g/mol. The normalized spacial score (nSPS) is 12.4. The Morgan fingerprint density at radius 2 is 1.95 bits per heavy atom. The molecule has 0 saturated carbocycles. The lowest BCUT2D eigenvalue weighted by Gasteiger charge is -2.13. The molecule has 0 radical (unpaired) electrons. The van der Waals surface area contributed by atoms with Gasteiger partial charge in [-0.1, -0.05) is 24.3 Å². The Morgan fingerprint density at radius 3 is 2.63 bits per heavy atom. The predicted molar refractivity (Wildman–Crippen MR) is 79.7 cm³/mol. The fourth-order valence-corrected chi connectivity index (χ4v) is 3.14. The zero-order valence-corrected chi connectivity index (χ0v) is 12.0. The van der Waals surface area contributed by atoms with Crippen molar-refractivity contribution in [1.82, 2.24) is 0 Å². The molecule has 100 valence electrons. The van der Waals surface area contributed by atoms with Gasteiger partial charge in [0.05, 0.1) is 0 Å². The van der Waals surface area contributed by atoms with E-state index in [9.17, 15) is 4.39 Å². The van der Waals surface area contributed by atoms with Gasteiger partial charge < -0.3 is 5.73 Å². The van der Waals surface area contributed by atoms with Crippen LogP contribution >= 0.6 is 11.8 Å². The third-order valence-corrected chi connectivity index (χ3v) is 4.24. The number of thioether (sulfide) groups is 1. The molecule has 0 saturated heterocycles. The molecule has 0 aliphatic rings. The van der Waals surface area contributed by atoms with E-state index in [1.165, 1.54) is 23.3 Å². The first-order chi connectivity index (χ1) is 9.08. The molecule has 1 unspecified atom stereocenters. The highest BCUT2D eigenvalue weighted by molar-refractivity contribution is 7.98. The highest BCUT2D eigenvalue weighted by Gasteiger charge is 2.09. The minimum atomic E-state index is -0.229. The Labute approximate surface area is 118 Å². The summed E-state index contributed by atoms with van der Waals surface area (Å²) in [5.41, 5.74) is 9.35. The number of halogens is 1. The summed E-state index contributed by atoms with van der Waals surface area (Å²) in [6.45, 7) is 3.99. The minimum Gasteiger partial charge on any atom is -0.324 e. The Morgan fingerprint density at radius 1 is 1.21 bits per heavy atom. The van der Waals surface area contributed by atoms with Crippen LogP contribution < -0.4 is 5.73 Å². The van der Waals surface area contributed by atoms with Gasteiger partial charge in [-0.25, -0.2) is 4.39 Å². The lowest BCUT2D eigenvalue weighted by molar-refractivity contribution is 0.619. The summed E-state index contributed by atoms with van der Waals surface area (Å²) < 4.78 is 13.3. The van der Waals surface area contributed by atoms with Crippen molar-refractivity contribution in [2.75, 3.05) is 0 Å². The molecule has 19 heavy (non-hydrogen) atoms. The van der Waals surface area contributed by atoms with Crippen LogP contribution in [0.25, 0.3) is 0 Å². The molecule has 0 aliphatic carbocycles. The molecule has 2 aromatic carbocycles. The van der Waals surface area contributed by atoms with Gasteiger partial charge >= 0.3 is 0 Å². The maximum atomic E-state index is 13.3. The Balaban J connectivity index is 2.18. The summed E-state index contributed by atoms with van der Waals surface area (Å²) in [4.78, 5) is 1.06. The molecule has 0 aliphatic heterocycles. The summed E-state index contributed by atoms with van der Waals surface area (Å²) in [5, 5.41) is 0. The van der Waals surface area contributed by atoms with E-state index in [2.05, 4.69) is 19.1 Å². The number of rotatable bonds is 4. The maximum absolute atomic E-state index is 13.3. The molecule has 0 amide bonds. The first kappa shape index (κ1) is 14.1. The average molecular weight is 275 g/mol. The Bertz CT molecular complexity index is 566. The molecule has 0 spiro atoms. The van der Waals surface area contributed by atoms with Crippen LogP contribution in [0.2, 0.25) is 0 Å². The molecule has 2 aromatic rings. The quantitative estimate of drug-likeness (QED) is 0.834. The van der Waals surface area contributed by atoms with Crippen molar-refractivity contribution in [3.05, 3.63) is 65.0 Å². The first-order valence-corrected chi connectivity index (χ1v) is 7.29. The molecule has 0 fully saturated rings. The molecule has 1 nitrogen and oxygen atoms in total. The number of hydrogen-bond acceptors (Lipinski definition) is 2. The molecular formula is C16H18FNS. The molecule has 1 atom stereocenters. The molecule has 3 heteroatoms. The Kier molecular flexibility index (Phi) is 4.61. The fraction of sp³-hybridized carbons (Fsp3) is 0.250. The van der Waals surface area contributed by atoms with Gasteiger partial charge in [-0.15, -0.1) is 11.8 Å². The standard InChI is InChI=1S/C16H18FNS/c1-11-5-3-4-6-13(11)10-19-16-8-7-14(17)9-15(16)12(2)18/h3-9,12H,10,18H2,1-2H3. The highest BCUT2D eigenvalue weighted by atomic mass is 32.2. The second-order valence-electron chi connectivity index (χ2n) is 4.69. The lowest BCUT2D eigenvalue weighted by atomic mass is 10.1. The van der Waals surface area contributed by atoms with Gasteiger partial charge in [0.15, 0.2) is 0 Å². The zero-order valence-electron chi connectivity index (χ0n) is 11.2. The van der Waals surface area contributed by atoms with Gasteiger partial charge in [-0.3, -0.25) is 0 Å². The van der Waals surface area contributed by atoms with Crippen molar-refractivity contribution < 1.29 is 4.39 Å². The fourth-order valence-electron chi connectivity index (χ4n) is 1.93. The van der Waals surface area contributed by atoms with Crippen molar-refractivity contribution in [1.29, 1.82) is 0 Å². The molecule has 2 N–H and O–H groups in total. The third-order valence-electron chi connectivity index (χ3n) is 3.11. The van der Waals surface area contributed by atoms with Crippen molar-refractivity contribution in [3.63, 3.8) is 0 Å². The van der Waals surface area contributed by atoms with Crippen molar-refractivity contribution >= 4 is 11.8 Å². The van der Waals surface area contributed by atoms with E-state index in [1.807, 2.05) is 25.1 Å². The minimum absolute atomic E-state index is 0.157. The molecule has 0 aromatic heterocycles. The predicted octanol–water partition coefficient (Wildman–Crippen LogP) is 4.45. The van der Waals surface area contributed by atoms with E-state index in [1.54, 1.807) is 11.8 Å².